The fraction of sp³-hybridized carbons (Fsp3) is 0.581. The molecular weight excluding hydrogens is 436 g/mol. The van der Waals surface area contributed by atoms with Crippen molar-refractivity contribution in [2.24, 2.45) is 5.41 Å². The molecule has 1 fully saturated rings. The van der Waals surface area contributed by atoms with Crippen LogP contribution >= 0.6 is 0 Å². The molecule has 0 spiro atoms. The molecule has 0 aromatic heterocycles. The standard InChI is InChI=1S/C31H44O4/c1-6-31(7-2,26-14-15-27(23(4)21-26)35-19-9-8-10-29(33)34)25-13-11-24(22(3)20-25)12-16-28(32)30(5)17-18-30/h11,13-15,20-21,28,32H,6-10,12,16-19H2,1-5H3,(H,33,34). The average Bonchev–Trinajstić information content (AvgIpc) is 3.59. The quantitative estimate of drug-likeness (QED) is 0.282. The summed E-state index contributed by atoms with van der Waals surface area (Å²) in [6.07, 6.45) is 7.43. The predicted molar refractivity (Wildman–Crippen MR) is 142 cm³/mol. The Bertz CT molecular complexity index is 1000. The maximum atomic E-state index is 10.7. The molecule has 0 aliphatic heterocycles. The largest absolute Gasteiger partial charge is 0.493 e. The number of ether oxygens (including phenoxy) is 1. The topological polar surface area (TPSA) is 66.8 Å². The molecule has 1 atom stereocenters. The Balaban J connectivity index is 1.74. The van der Waals surface area contributed by atoms with Gasteiger partial charge in [0.2, 0.25) is 0 Å². The van der Waals surface area contributed by atoms with Crippen molar-refractivity contribution < 1.29 is 19.7 Å². The van der Waals surface area contributed by atoms with Gasteiger partial charge in [-0.25, -0.2) is 0 Å². The minimum absolute atomic E-state index is 0.0604. The average molecular weight is 481 g/mol. The minimum Gasteiger partial charge on any atom is -0.493 e. The summed E-state index contributed by atoms with van der Waals surface area (Å²) in [5.74, 6) is 0.120. The third kappa shape index (κ3) is 6.46. The van der Waals surface area contributed by atoms with Crippen molar-refractivity contribution in [3.05, 3.63) is 64.2 Å². The predicted octanol–water partition coefficient (Wildman–Crippen LogP) is 7.14. The van der Waals surface area contributed by atoms with Crippen LogP contribution in [0.5, 0.6) is 5.75 Å². The highest BCUT2D eigenvalue weighted by Crippen LogP contribution is 2.49. The molecule has 4 nitrogen and oxygen atoms in total. The molecule has 2 N–H and O–H groups in total. The Morgan fingerprint density at radius 3 is 2.20 bits per heavy atom. The summed E-state index contributed by atoms with van der Waals surface area (Å²) in [6.45, 7) is 11.6. The van der Waals surface area contributed by atoms with Gasteiger partial charge in [0.15, 0.2) is 0 Å². The van der Waals surface area contributed by atoms with Crippen molar-refractivity contribution in [2.75, 3.05) is 6.61 Å². The van der Waals surface area contributed by atoms with E-state index in [1.165, 1.54) is 22.3 Å². The van der Waals surface area contributed by atoms with Gasteiger partial charge in [-0.3, -0.25) is 4.79 Å². The molecule has 0 saturated heterocycles. The van der Waals surface area contributed by atoms with Gasteiger partial charge in [0.1, 0.15) is 5.75 Å². The van der Waals surface area contributed by atoms with E-state index in [2.05, 4.69) is 71.0 Å². The summed E-state index contributed by atoms with van der Waals surface area (Å²) in [7, 11) is 0. The van der Waals surface area contributed by atoms with Gasteiger partial charge in [0.05, 0.1) is 12.7 Å². The van der Waals surface area contributed by atoms with Crippen molar-refractivity contribution in [1.82, 2.24) is 0 Å². The fourth-order valence-electron chi connectivity index (χ4n) is 5.35. The van der Waals surface area contributed by atoms with Gasteiger partial charge in [0, 0.05) is 11.8 Å². The van der Waals surface area contributed by atoms with E-state index in [1.807, 2.05) is 0 Å². The number of aliphatic hydroxyl groups is 1. The highest BCUT2D eigenvalue weighted by Gasteiger charge is 2.43. The van der Waals surface area contributed by atoms with Crippen molar-refractivity contribution >= 4 is 5.97 Å². The van der Waals surface area contributed by atoms with E-state index < -0.39 is 5.97 Å². The number of rotatable bonds is 14. The molecule has 35 heavy (non-hydrogen) atoms. The zero-order valence-electron chi connectivity index (χ0n) is 22.3. The Morgan fingerprint density at radius 2 is 1.66 bits per heavy atom. The summed E-state index contributed by atoms with van der Waals surface area (Å²) in [6, 6.07) is 13.5. The minimum atomic E-state index is -0.755. The maximum absolute atomic E-state index is 10.7. The molecule has 2 aromatic carbocycles. The van der Waals surface area contributed by atoms with Gasteiger partial charge in [-0.1, -0.05) is 51.1 Å². The normalized spacial score (nSPS) is 15.6. The molecule has 2 aromatic rings. The smallest absolute Gasteiger partial charge is 0.303 e. The van der Waals surface area contributed by atoms with E-state index in [1.54, 1.807) is 0 Å². The van der Waals surface area contributed by atoms with Crippen molar-refractivity contribution in [2.45, 2.75) is 104 Å². The number of carboxylic acid groups (broad SMARTS) is 1. The third-order valence-electron chi connectivity index (χ3n) is 8.40. The number of hydrogen-bond donors (Lipinski definition) is 2. The van der Waals surface area contributed by atoms with Crippen molar-refractivity contribution in [1.29, 1.82) is 0 Å². The lowest BCUT2D eigenvalue weighted by molar-refractivity contribution is -0.137. The molecule has 192 valence electrons. The summed E-state index contributed by atoms with van der Waals surface area (Å²) < 4.78 is 5.96. The van der Waals surface area contributed by atoms with E-state index in [-0.39, 0.29) is 23.4 Å². The van der Waals surface area contributed by atoms with Gasteiger partial charge in [-0.2, -0.15) is 0 Å². The van der Waals surface area contributed by atoms with E-state index in [9.17, 15) is 9.90 Å². The summed E-state index contributed by atoms with van der Waals surface area (Å²) in [4.78, 5) is 10.7. The SMILES string of the molecule is CCC(CC)(c1ccc(CCC(O)C2(C)CC2)c(C)c1)c1ccc(OCCCCC(=O)O)c(C)c1. The molecule has 4 heteroatoms. The zero-order chi connectivity index (χ0) is 25.6. The molecule has 1 saturated carbocycles. The van der Waals surface area contributed by atoms with Crippen LogP contribution in [0.1, 0.15) is 100.0 Å². The van der Waals surface area contributed by atoms with E-state index in [4.69, 9.17) is 9.84 Å². The number of aliphatic carboxylic acids is 1. The van der Waals surface area contributed by atoms with Crippen LogP contribution in [-0.2, 0) is 16.6 Å². The molecule has 0 amide bonds. The van der Waals surface area contributed by atoms with E-state index in [0.29, 0.717) is 13.0 Å². The van der Waals surface area contributed by atoms with Crippen LogP contribution in [0.2, 0.25) is 0 Å². The molecule has 0 bridgehead atoms. The second-order valence-corrected chi connectivity index (χ2v) is 10.8. The second kappa shape index (κ2) is 11.6. The Morgan fingerprint density at radius 1 is 1.03 bits per heavy atom. The molecule has 1 aliphatic carbocycles. The highest BCUT2D eigenvalue weighted by atomic mass is 16.5. The van der Waals surface area contributed by atoms with E-state index >= 15 is 0 Å². The van der Waals surface area contributed by atoms with Crippen LogP contribution in [0.3, 0.4) is 0 Å². The van der Waals surface area contributed by atoms with Crippen LogP contribution < -0.4 is 4.74 Å². The molecule has 0 heterocycles. The molecular formula is C31H44O4. The highest BCUT2D eigenvalue weighted by molar-refractivity contribution is 5.66. The molecule has 3 rings (SSSR count). The number of benzene rings is 2. The van der Waals surface area contributed by atoms with E-state index in [0.717, 1.165) is 56.3 Å². The van der Waals surface area contributed by atoms with Gasteiger partial charge >= 0.3 is 5.97 Å². The lowest BCUT2D eigenvalue weighted by Crippen LogP contribution is -2.26. The summed E-state index contributed by atoms with van der Waals surface area (Å²) in [5, 5.41) is 19.3. The second-order valence-electron chi connectivity index (χ2n) is 10.8. The first-order valence-electron chi connectivity index (χ1n) is 13.4. The number of aliphatic hydroxyl groups excluding tert-OH is 1. The first kappa shape index (κ1) is 27.3. The van der Waals surface area contributed by atoms with Crippen LogP contribution in [0.25, 0.3) is 0 Å². The van der Waals surface area contributed by atoms with Gasteiger partial charge in [-0.05, 0) is 105 Å². The number of unbranched alkanes of at least 4 members (excludes halogenated alkanes) is 1. The Hall–Kier alpha value is -2.33. The van der Waals surface area contributed by atoms with Gasteiger partial charge in [-0.15, -0.1) is 0 Å². The zero-order valence-corrected chi connectivity index (χ0v) is 22.3. The van der Waals surface area contributed by atoms with Crippen molar-refractivity contribution in [3.63, 3.8) is 0 Å². The lowest BCUT2D eigenvalue weighted by Gasteiger charge is -2.34. The summed E-state index contributed by atoms with van der Waals surface area (Å²) >= 11 is 0. The molecule has 0 radical (unpaired) electrons. The first-order chi connectivity index (χ1) is 16.6. The Labute approximate surface area is 211 Å². The number of carboxylic acids is 1. The first-order valence-corrected chi connectivity index (χ1v) is 13.4. The van der Waals surface area contributed by atoms with Gasteiger partial charge in [0.25, 0.3) is 0 Å². The monoisotopic (exact) mass is 480 g/mol. The van der Waals surface area contributed by atoms with Gasteiger partial charge < -0.3 is 14.9 Å². The third-order valence-corrected chi connectivity index (χ3v) is 8.40. The van der Waals surface area contributed by atoms with Crippen LogP contribution in [0.4, 0.5) is 0 Å². The number of hydrogen-bond acceptors (Lipinski definition) is 3. The van der Waals surface area contributed by atoms with Crippen LogP contribution in [0, 0.1) is 19.3 Å². The van der Waals surface area contributed by atoms with Crippen molar-refractivity contribution in [3.8, 4) is 5.75 Å². The summed E-state index contributed by atoms with van der Waals surface area (Å²) in [5.41, 5.74) is 6.50. The van der Waals surface area contributed by atoms with Crippen LogP contribution in [0.15, 0.2) is 36.4 Å². The number of aryl methyl sites for hydroxylation is 3. The number of carbonyl (C=O) groups is 1. The fourth-order valence-corrected chi connectivity index (χ4v) is 5.35. The molecule has 1 unspecified atom stereocenters. The maximum Gasteiger partial charge on any atom is 0.303 e. The van der Waals surface area contributed by atoms with Crippen LogP contribution in [-0.4, -0.2) is 28.9 Å². The lowest BCUT2D eigenvalue weighted by atomic mass is 9.69. The molecule has 1 aliphatic rings. The Kier molecular flexibility index (Phi) is 9.04.